The lowest BCUT2D eigenvalue weighted by Gasteiger charge is -2.09. The lowest BCUT2D eigenvalue weighted by atomic mass is 10.2. The number of methoxy groups -OCH3 is 2. The summed E-state index contributed by atoms with van der Waals surface area (Å²) in [6.45, 7) is 0. The number of anilines is 1. The average molecular weight is 482 g/mol. The first-order valence-electron chi connectivity index (χ1n) is 9.84. The highest BCUT2D eigenvalue weighted by Crippen LogP contribution is 2.27. The van der Waals surface area contributed by atoms with Gasteiger partial charge in [0.15, 0.2) is 0 Å². The minimum atomic E-state index is -0.984. The molecule has 0 unspecified atom stereocenters. The molecule has 2 N–H and O–H groups in total. The van der Waals surface area contributed by atoms with Gasteiger partial charge in [0.1, 0.15) is 17.2 Å². The highest BCUT2D eigenvalue weighted by Gasteiger charge is 2.15. The molecule has 0 saturated heterocycles. The standard InChI is InChI=1S/C24H20ClN3O6/c1-32-19-5-3-4-16(12-19)24(31)34-18-9-6-15(7-10-18)14-26-28-23(30)22(29)27-20-13-17(25)8-11-21(20)33-2/h3-14H,1-2H3,(H,27,29)(H,28,30). The van der Waals surface area contributed by atoms with E-state index < -0.39 is 17.8 Å². The molecule has 0 radical (unpaired) electrons. The number of nitrogens with one attached hydrogen (secondary N) is 2. The van der Waals surface area contributed by atoms with Crippen molar-refractivity contribution in [2.24, 2.45) is 5.10 Å². The van der Waals surface area contributed by atoms with Crippen LogP contribution in [0.25, 0.3) is 0 Å². The molecular formula is C24H20ClN3O6. The normalized spacial score (nSPS) is 10.4. The van der Waals surface area contributed by atoms with Crippen molar-refractivity contribution < 1.29 is 28.6 Å². The molecule has 0 spiro atoms. The topological polar surface area (TPSA) is 115 Å². The number of hydrogen-bond donors (Lipinski definition) is 2. The Hall–Kier alpha value is -4.37. The van der Waals surface area contributed by atoms with Crippen LogP contribution in [0.4, 0.5) is 5.69 Å². The number of ether oxygens (including phenoxy) is 3. The molecule has 9 nitrogen and oxygen atoms in total. The van der Waals surface area contributed by atoms with E-state index in [4.69, 9.17) is 25.8 Å². The first-order valence-corrected chi connectivity index (χ1v) is 10.2. The number of esters is 1. The second-order valence-electron chi connectivity index (χ2n) is 6.69. The number of carbonyl (C=O) groups is 3. The monoisotopic (exact) mass is 481 g/mol. The van der Waals surface area contributed by atoms with Crippen LogP contribution in [0.15, 0.2) is 71.8 Å². The lowest BCUT2D eigenvalue weighted by Crippen LogP contribution is -2.32. The summed E-state index contributed by atoms with van der Waals surface area (Å²) in [7, 11) is 2.93. The van der Waals surface area contributed by atoms with Gasteiger partial charge in [-0.1, -0.05) is 17.7 Å². The first kappa shape index (κ1) is 24.3. The number of rotatable bonds is 7. The zero-order valence-electron chi connectivity index (χ0n) is 18.2. The van der Waals surface area contributed by atoms with E-state index in [-0.39, 0.29) is 5.69 Å². The van der Waals surface area contributed by atoms with Crippen molar-refractivity contribution in [3.63, 3.8) is 0 Å². The van der Waals surface area contributed by atoms with Crippen LogP contribution in [0, 0.1) is 0 Å². The average Bonchev–Trinajstić information content (AvgIpc) is 2.85. The second-order valence-corrected chi connectivity index (χ2v) is 7.12. The zero-order valence-corrected chi connectivity index (χ0v) is 19.0. The summed E-state index contributed by atoms with van der Waals surface area (Å²) in [6.07, 6.45) is 1.33. The third-order valence-electron chi connectivity index (χ3n) is 4.39. The maximum absolute atomic E-state index is 12.3. The summed E-state index contributed by atoms with van der Waals surface area (Å²) in [5.74, 6) is -1.25. The fourth-order valence-corrected chi connectivity index (χ4v) is 2.88. The van der Waals surface area contributed by atoms with Gasteiger partial charge < -0.3 is 19.5 Å². The lowest BCUT2D eigenvalue weighted by molar-refractivity contribution is -0.136. The number of halogens is 1. The number of nitrogens with zero attached hydrogens (tertiary/aromatic N) is 1. The van der Waals surface area contributed by atoms with E-state index in [9.17, 15) is 14.4 Å². The number of benzene rings is 3. The van der Waals surface area contributed by atoms with Gasteiger partial charge in [-0.05, 0) is 66.2 Å². The van der Waals surface area contributed by atoms with Gasteiger partial charge in [0.05, 0.1) is 31.7 Å². The Labute approximate surface area is 200 Å². The maximum Gasteiger partial charge on any atom is 0.343 e. The molecule has 0 aromatic heterocycles. The highest BCUT2D eigenvalue weighted by atomic mass is 35.5. The summed E-state index contributed by atoms with van der Waals surface area (Å²) < 4.78 is 15.5. The van der Waals surface area contributed by atoms with E-state index in [0.717, 1.165) is 0 Å². The molecule has 0 bridgehead atoms. The van der Waals surface area contributed by atoms with Gasteiger partial charge in [0.25, 0.3) is 0 Å². The fraction of sp³-hybridized carbons (Fsp3) is 0.0833. The number of hydrogen-bond acceptors (Lipinski definition) is 7. The zero-order chi connectivity index (χ0) is 24.5. The van der Waals surface area contributed by atoms with E-state index in [1.54, 1.807) is 60.7 Å². The van der Waals surface area contributed by atoms with Gasteiger partial charge >= 0.3 is 17.8 Å². The van der Waals surface area contributed by atoms with Crippen LogP contribution in [0.3, 0.4) is 0 Å². The third kappa shape index (κ3) is 6.57. The van der Waals surface area contributed by atoms with Gasteiger partial charge in [-0.15, -0.1) is 0 Å². The summed E-state index contributed by atoms with van der Waals surface area (Å²) >= 11 is 5.91. The van der Waals surface area contributed by atoms with Gasteiger partial charge in [0, 0.05) is 5.02 Å². The molecular weight excluding hydrogens is 462 g/mol. The van der Waals surface area contributed by atoms with Crippen LogP contribution in [0.2, 0.25) is 5.02 Å². The Morgan fingerprint density at radius 3 is 2.35 bits per heavy atom. The van der Waals surface area contributed by atoms with Crippen LogP contribution in [0.1, 0.15) is 15.9 Å². The highest BCUT2D eigenvalue weighted by molar-refractivity contribution is 6.40. The summed E-state index contributed by atoms with van der Waals surface area (Å²) in [5, 5.41) is 6.53. The van der Waals surface area contributed by atoms with Gasteiger partial charge in [0.2, 0.25) is 0 Å². The van der Waals surface area contributed by atoms with Crippen molar-refractivity contribution in [2.75, 3.05) is 19.5 Å². The number of amides is 2. The van der Waals surface area contributed by atoms with Gasteiger partial charge in [-0.25, -0.2) is 10.2 Å². The van der Waals surface area contributed by atoms with Crippen LogP contribution < -0.4 is 25.0 Å². The smallest absolute Gasteiger partial charge is 0.343 e. The Bertz CT molecular complexity index is 1230. The van der Waals surface area contributed by atoms with Crippen LogP contribution in [-0.2, 0) is 9.59 Å². The molecule has 10 heteroatoms. The molecule has 174 valence electrons. The largest absolute Gasteiger partial charge is 0.497 e. The molecule has 3 aromatic carbocycles. The van der Waals surface area contributed by atoms with E-state index in [2.05, 4.69) is 15.8 Å². The summed E-state index contributed by atoms with van der Waals surface area (Å²) in [5.41, 5.74) is 3.32. The number of hydrazone groups is 1. The maximum atomic E-state index is 12.3. The Morgan fingerprint density at radius 2 is 1.65 bits per heavy atom. The quantitative estimate of drug-likeness (QED) is 0.175. The molecule has 3 aromatic rings. The minimum Gasteiger partial charge on any atom is -0.497 e. The first-order chi connectivity index (χ1) is 16.4. The molecule has 0 fully saturated rings. The molecule has 0 aliphatic carbocycles. The van der Waals surface area contributed by atoms with Crippen molar-refractivity contribution >= 4 is 41.3 Å². The van der Waals surface area contributed by atoms with Crippen LogP contribution in [0.5, 0.6) is 17.2 Å². The Balaban J connectivity index is 1.54. The molecule has 3 rings (SSSR count). The van der Waals surface area contributed by atoms with Crippen LogP contribution >= 0.6 is 11.6 Å². The Kier molecular flexibility index (Phi) is 8.20. The van der Waals surface area contributed by atoms with Crippen LogP contribution in [-0.4, -0.2) is 38.2 Å². The second kappa shape index (κ2) is 11.5. The summed E-state index contributed by atoms with van der Waals surface area (Å²) in [4.78, 5) is 36.4. The SMILES string of the molecule is COc1cccc(C(=O)Oc2ccc(C=NNC(=O)C(=O)Nc3cc(Cl)ccc3OC)cc2)c1. The van der Waals surface area contributed by atoms with Crippen molar-refractivity contribution in [3.05, 3.63) is 82.9 Å². The molecule has 0 heterocycles. The Morgan fingerprint density at radius 1 is 0.882 bits per heavy atom. The predicted molar refractivity (Wildman–Crippen MR) is 127 cm³/mol. The summed E-state index contributed by atoms with van der Waals surface area (Å²) in [6, 6.07) is 17.6. The molecule has 0 aliphatic heterocycles. The van der Waals surface area contributed by atoms with E-state index in [0.29, 0.717) is 33.4 Å². The molecule has 0 atom stereocenters. The van der Waals surface area contributed by atoms with Crippen molar-refractivity contribution in [2.45, 2.75) is 0 Å². The van der Waals surface area contributed by atoms with Gasteiger partial charge in [-0.2, -0.15) is 5.10 Å². The molecule has 0 saturated carbocycles. The number of carbonyl (C=O) groups excluding carboxylic acids is 3. The molecule has 2 amide bonds. The van der Waals surface area contributed by atoms with E-state index in [1.807, 2.05) is 0 Å². The molecule has 0 aliphatic rings. The van der Waals surface area contributed by atoms with E-state index >= 15 is 0 Å². The van der Waals surface area contributed by atoms with Crippen molar-refractivity contribution in [1.82, 2.24) is 5.43 Å². The predicted octanol–water partition coefficient (Wildman–Crippen LogP) is 3.67. The van der Waals surface area contributed by atoms with Crippen molar-refractivity contribution in [3.8, 4) is 17.2 Å². The van der Waals surface area contributed by atoms with Crippen molar-refractivity contribution in [1.29, 1.82) is 0 Å². The van der Waals surface area contributed by atoms with E-state index in [1.165, 1.54) is 26.5 Å². The minimum absolute atomic E-state index is 0.248. The fourth-order valence-electron chi connectivity index (χ4n) is 2.71. The van der Waals surface area contributed by atoms with Gasteiger partial charge in [-0.3, -0.25) is 9.59 Å². The third-order valence-corrected chi connectivity index (χ3v) is 4.63. The molecule has 34 heavy (non-hydrogen) atoms.